The number of rotatable bonds is 42. The van der Waals surface area contributed by atoms with Gasteiger partial charge in [-0.15, -0.1) is 0 Å². The van der Waals surface area contributed by atoms with E-state index in [4.69, 9.17) is 5.73 Å². The number of aliphatic carboxylic acids is 1. The molecule has 0 aliphatic rings. The number of amides is 12. The van der Waals surface area contributed by atoms with E-state index in [1.165, 1.54) is 79.8 Å². The summed E-state index contributed by atoms with van der Waals surface area (Å²) >= 11 is 0. The number of carboxylic acids is 1. The average molecular weight is 1410 g/mol. The highest BCUT2D eigenvalue weighted by Crippen LogP contribution is 2.24. The molecule has 0 aliphatic heterocycles. The van der Waals surface area contributed by atoms with Crippen molar-refractivity contribution >= 4 is 76.9 Å². The van der Waals surface area contributed by atoms with Crippen molar-refractivity contribution in [2.45, 2.75) is 248 Å². The maximum absolute atomic E-state index is 14.9. The van der Waals surface area contributed by atoms with E-state index in [1.807, 2.05) is 69.2 Å². The number of nitrogens with zero attached hydrogens (tertiary/aromatic N) is 7. The van der Waals surface area contributed by atoms with E-state index in [1.54, 1.807) is 39.8 Å². The van der Waals surface area contributed by atoms with E-state index in [9.17, 15) is 82.8 Å². The van der Waals surface area contributed by atoms with Crippen molar-refractivity contribution in [1.82, 2.24) is 60.9 Å². The minimum atomic E-state index is -1.73. The number of carbonyl (C=O) groups is 13. The number of carbonyl (C=O) groups excluding carboxylic acids is 12. The van der Waals surface area contributed by atoms with Gasteiger partial charge in [-0.1, -0.05) is 102 Å². The van der Waals surface area contributed by atoms with Crippen LogP contribution in [-0.4, -0.2) is 279 Å². The lowest BCUT2D eigenvalue weighted by Crippen LogP contribution is -2.64. The SMILES string of the molecule is CC=CC[C@@H](C)[C@@H](O)[C@@H](C(=O)N[C@H](C(=O)N(C)CC(=O)O)[C@@H](C)O)N(C)C(=O)[C@H](C(C)C)N(C)C(=O)[C@H](CC(C)C)NC(=O)[C@H](CC(C)C)N(C)C(=O)[C@@H](C)NC(=O)[C@H](C)NC(=O)[C@H](CC(C)C)N(C)C(=O)[C@H](CC(C)C)NC(=O)[C@H](CC(C)C)N(C)C(=O)CN(C)C(=O)[C@@H](N)[C@@H](C)O. The molecule has 30 heteroatoms. The van der Waals surface area contributed by atoms with Crippen molar-refractivity contribution in [3.63, 3.8) is 0 Å². The predicted molar refractivity (Wildman–Crippen MR) is 375 cm³/mol. The Bertz CT molecular complexity index is 2740. The Labute approximate surface area is 588 Å². The van der Waals surface area contributed by atoms with Crippen LogP contribution in [0.25, 0.3) is 0 Å². The molecule has 0 aromatic carbocycles. The Morgan fingerprint density at radius 3 is 1.18 bits per heavy atom. The Kier molecular flexibility index (Phi) is 39.6. The van der Waals surface area contributed by atoms with Crippen molar-refractivity contribution in [2.75, 3.05) is 62.4 Å². The largest absolute Gasteiger partial charge is 0.480 e. The second-order valence-electron chi connectivity index (χ2n) is 29.3. The Morgan fingerprint density at radius 1 is 0.404 bits per heavy atom. The number of aliphatic hydroxyl groups is 3. The first-order valence-corrected chi connectivity index (χ1v) is 34.5. The lowest BCUT2D eigenvalue weighted by molar-refractivity contribution is -0.155. The van der Waals surface area contributed by atoms with Gasteiger partial charge in [-0.2, -0.15) is 0 Å². The minimum Gasteiger partial charge on any atom is -0.480 e. The maximum atomic E-state index is 14.9. The van der Waals surface area contributed by atoms with Gasteiger partial charge < -0.3 is 87.0 Å². The van der Waals surface area contributed by atoms with E-state index in [0.717, 1.165) is 31.5 Å². The number of nitrogens with one attached hydrogen (secondary N) is 5. The second kappa shape index (κ2) is 42.7. The molecule has 0 rings (SSSR count). The lowest BCUT2D eigenvalue weighted by atomic mass is 9.91. The molecule has 0 aliphatic carbocycles. The highest BCUT2D eigenvalue weighted by molar-refractivity contribution is 5.99. The van der Waals surface area contributed by atoms with Crippen LogP contribution in [-0.2, 0) is 62.3 Å². The van der Waals surface area contributed by atoms with E-state index in [-0.39, 0.29) is 68.1 Å². The molecule has 0 saturated heterocycles. The molecule has 12 amide bonds. The first-order chi connectivity index (χ1) is 45.5. The summed E-state index contributed by atoms with van der Waals surface area (Å²) in [7, 11) is 9.30. The number of nitrogens with two attached hydrogens (primary N) is 1. The standard InChI is InChI=1S/C69H125N13O17/c1-26-27-28-42(14)58(88)57(63(93)75-55(46(18)84)68(98)77(20)35-53(86)87)82(25)69(99)56(41(12)13)81(24)66(96)48(30-37(4)5)74-62(92)51(33-40(10)11)79(22)64(94)44(16)72-59(89)43(15)71-60(90)50(32-39(8)9)80(23)65(95)47(29-36(2)3)73-61(91)49(31-38(6)7)78(21)52(85)34-76(19)67(97)54(70)45(17)83/h26-27,36-51,54-58,83-84,88H,28-35,70H2,1-25H3,(H,71,90)(H,72,89)(H,73,91)(H,74,92)(H,75,93)(H,86,87)/t42-,43+,44-,45-,46-,47+,48+,49+,50+,51+,54+,55+,56+,57+,58-/m1/s1. The van der Waals surface area contributed by atoms with E-state index >= 15 is 0 Å². The van der Waals surface area contributed by atoms with Gasteiger partial charge >= 0.3 is 5.97 Å². The highest BCUT2D eigenvalue weighted by atomic mass is 16.4. The summed E-state index contributed by atoms with van der Waals surface area (Å²) in [6.45, 7) is 29.1. The zero-order valence-corrected chi connectivity index (χ0v) is 63.7. The molecule has 0 saturated carbocycles. The molecule has 99 heavy (non-hydrogen) atoms. The number of likely N-dealkylation sites (N-methyl/N-ethyl adjacent to an activating group) is 7. The third-order valence-corrected chi connectivity index (χ3v) is 17.3. The molecular weight excluding hydrogens is 1280 g/mol. The summed E-state index contributed by atoms with van der Waals surface area (Å²) in [4.78, 5) is 189. The molecule has 15 atom stereocenters. The minimum absolute atomic E-state index is 0.0501. The van der Waals surface area contributed by atoms with Crippen LogP contribution < -0.4 is 32.3 Å². The number of allylic oxidation sites excluding steroid dienone is 2. The highest BCUT2D eigenvalue weighted by Gasteiger charge is 2.45. The molecule has 0 aromatic rings. The summed E-state index contributed by atoms with van der Waals surface area (Å²) in [6.07, 6.45) is -0.0534. The van der Waals surface area contributed by atoms with Gasteiger partial charge in [0.25, 0.3) is 0 Å². The molecule has 0 radical (unpaired) electrons. The lowest BCUT2D eigenvalue weighted by Gasteiger charge is -2.40. The Morgan fingerprint density at radius 2 is 0.788 bits per heavy atom. The maximum Gasteiger partial charge on any atom is 0.323 e. The summed E-state index contributed by atoms with van der Waals surface area (Å²) in [5, 5.41) is 55.1. The number of hydrogen-bond acceptors (Lipinski definition) is 17. The van der Waals surface area contributed by atoms with Crippen molar-refractivity contribution in [3.05, 3.63) is 12.2 Å². The first kappa shape index (κ1) is 91.7. The van der Waals surface area contributed by atoms with Crippen LogP contribution in [0.15, 0.2) is 12.2 Å². The van der Waals surface area contributed by atoms with Crippen molar-refractivity contribution in [3.8, 4) is 0 Å². The Hall–Kier alpha value is -7.31. The molecule has 0 spiro atoms. The van der Waals surface area contributed by atoms with Crippen LogP contribution in [0.3, 0.4) is 0 Å². The average Bonchev–Trinajstić information content (AvgIpc) is 0.806. The van der Waals surface area contributed by atoms with Gasteiger partial charge in [-0.05, 0) is 115 Å². The van der Waals surface area contributed by atoms with Gasteiger partial charge in [0.1, 0.15) is 73.0 Å². The molecule has 0 fully saturated rings. The summed E-state index contributed by atoms with van der Waals surface area (Å²) < 4.78 is 0. The first-order valence-electron chi connectivity index (χ1n) is 34.5. The zero-order chi connectivity index (χ0) is 77.3. The number of hydrogen-bond donors (Lipinski definition) is 10. The van der Waals surface area contributed by atoms with E-state index < -0.39 is 187 Å². The van der Waals surface area contributed by atoms with Gasteiger partial charge in [-0.3, -0.25) is 62.3 Å². The van der Waals surface area contributed by atoms with Gasteiger partial charge in [0, 0.05) is 49.3 Å². The van der Waals surface area contributed by atoms with Gasteiger partial charge in [0.15, 0.2) is 0 Å². The summed E-state index contributed by atoms with van der Waals surface area (Å²) in [6, 6.07) is -14.6. The third-order valence-electron chi connectivity index (χ3n) is 17.3. The van der Waals surface area contributed by atoms with Crippen LogP contribution in [0.1, 0.15) is 163 Å². The topological polar surface area (TPSA) is 412 Å². The van der Waals surface area contributed by atoms with Crippen LogP contribution in [0, 0.1) is 41.4 Å². The van der Waals surface area contributed by atoms with Crippen LogP contribution in [0.5, 0.6) is 0 Å². The second-order valence-corrected chi connectivity index (χ2v) is 29.3. The van der Waals surface area contributed by atoms with Crippen LogP contribution in [0.4, 0.5) is 0 Å². The molecule has 11 N–H and O–H groups in total. The predicted octanol–water partition coefficient (Wildman–Crippen LogP) is 0.525. The van der Waals surface area contributed by atoms with Crippen molar-refractivity contribution < 1.29 is 82.8 Å². The molecular formula is C69H125N13O17. The molecule has 0 heterocycles. The molecule has 0 unspecified atom stereocenters. The monoisotopic (exact) mass is 1410 g/mol. The zero-order valence-electron chi connectivity index (χ0n) is 63.7. The molecule has 0 aromatic heterocycles. The third kappa shape index (κ3) is 29.1. The van der Waals surface area contributed by atoms with Crippen LogP contribution in [0.2, 0.25) is 0 Å². The molecule has 0 bridgehead atoms. The van der Waals surface area contributed by atoms with Gasteiger partial charge in [0.05, 0.1) is 24.9 Å². The fraction of sp³-hybridized carbons (Fsp3) is 0.783. The van der Waals surface area contributed by atoms with E-state index in [0.29, 0.717) is 0 Å². The fourth-order valence-electron chi connectivity index (χ4n) is 11.4. The Balaban J connectivity index is 6.98. The normalized spacial score (nSPS) is 16.3. The smallest absolute Gasteiger partial charge is 0.323 e. The molecule has 30 nitrogen and oxygen atoms in total. The molecule has 568 valence electrons. The van der Waals surface area contributed by atoms with E-state index in [2.05, 4.69) is 26.6 Å². The van der Waals surface area contributed by atoms with Crippen LogP contribution >= 0.6 is 0 Å². The quantitative estimate of drug-likeness (QED) is 0.0373. The van der Waals surface area contributed by atoms with Crippen molar-refractivity contribution in [1.29, 1.82) is 0 Å². The number of aliphatic hydroxyl groups excluding tert-OH is 3. The van der Waals surface area contributed by atoms with Gasteiger partial charge in [0.2, 0.25) is 70.9 Å². The summed E-state index contributed by atoms with van der Waals surface area (Å²) in [5.74, 6) is -12.7. The summed E-state index contributed by atoms with van der Waals surface area (Å²) in [5.41, 5.74) is 5.82. The number of carboxylic acid groups (broad SMARTS) is 1. The van der Waals surface area contributed by atoms with Crippen molar-refractivity contribution in [2.24, 2.45) is 47.2 Å². The fourth-order valence-corrected chi connectivity index (χ4v) is 11.4. The van der Waals surface area contributed by atoms with Gasteiger partial charge in [-0.25, -0.2) is 0 Å².